The van der Waals surface area contributed by atoms with Crippen molar-refractivity contribution in [1.29, 1.82) is 0 Å². The third kappa shape index (κ3) is 5.70. The van der Waals surface area contributed by atoms with Gasteiger partial charge < -0.3 is 19.8 Å². The maximum atomic E-state index is 12.4. The molecular formula is C16H19F3N4O2. The van der Waals surface area contributed by atoms with E-state index in [1.165, 1.54) is 12.1 Å². The van der Waals surface area contributed by atoms with Gasteiger partial charge in [-0.2, -0.15) is 0 Å². The molecule has 2 N–H and O–H groups in total. The van der Waals surface area contributed by atoms with E-state index in [0.717, 1.165) is 11.5 Å². The molecule has 2 aromatic rings. The van der Waals surface area contributed by atoms with Crippen LogP contribution in [0.5, 0.6) is 5.75 Å². The van der Waals surface area contributed by atoms with Gasteiger partial charge in [-0.15, -0.1) is 13.2 Å². The number of rotatable bonds is 5. The topological polar surface area (TPSA) is 71.7 Å². The van der Waals surface area contributed by atoms with Crippen molar-refractivity contribution in [3.8, 4) is 5.75 Å². The second kappa shape index (κ2) is 7.91. The first-order chi connectivity index (χ1) is 11.8. The Labute approximate surface area is 143 Å². The molecule has 0 fully saturated rings. The number of para-hydroxylation sites is 1. The van der Waals surface area contributed by atoms with Crippen LogP contribution >= 0.6 is 0 Å². The summed E-state index contributed by atoms with van der Waals surface area (Å²) < 4.78 is 46.8. The van der Waals surface area contributed by atoms with Crippen LogP contribution in [0.1, 0.15) is 22.9 Å². The van der Waals surface area contributed by atoms with Gasteiger partial charge in [0.15, 0.2) is 5.96 Å². The molecule has 0 atom stereocenters. The summed E-state index contributed by atoms with van der Waals surface area (Å²) in [5.74, 6) is 1.38. The van der Waals surface area contributed by atoms with Gasteiger partial charge in [-0.25, -0.2) is 4.98 Å². The molecule has 0 saturated carbocycles. The summed E-state index contributed by atoms with van der Waals surface area (Å²) in [6, 6.07) is 5.92. The van der Waals surface area contributed by atoms with Crippen LogP contribution in [0.15, 0.2) is 33.7 Å². The molecule has 0 aliphatic carbocycles. The molecular weight excluding hydrogens is 337 g/mol. The van der Waals surface area contributed by atoms with E-state index in [2.05, 4.69) is 25.3 Å². The fraction of sp³-hybridized carbons (Fsp3) is 0.375. The molecule has 1 aromatic heterocycles. The smallest absolute Gasteiger partial charge is 0.444 e. The molecule has 9 heteroatoms. The molecule has 0 amide bonds. The van der Waals surface area contributed by atoms with Crippen LogP contribution < -0.4 is 15.4 Å². The number of hydrogen-bond donors (Lipinski definition) is 2. The van der Waals surface area contributed by atoms with Crippen molar-refractivity contribution in [2.75, 3.05) is 7.05 Å². The molecule has 0 aliphatic heterocycles. The summed E-state index contributed by atoms with van der Waals surface area (Å²) in [5.41, 5.74) is 1.16. The van der Waals surface area contributed by atoms with Crippen LogP contribution in [0.25, 0.3) is 0 Å². The lowest BCUT2D eigenvalue weighted by Crippen LogP contribution is -2.36. The van der Waals surface area contributed by atoms with Gasteiger partial charge in [-0.3, -0.25) is 4.99 Å². The molecule has 0 bridgehead atoms. The molecule has 0 spiro atoms. The van der Waals surface area contributed by atoms with Crippen LogP contribution in [0.4, 0.5) is 13.2 Å². The first-order valence-electron chi connectivity index (χ1n) is 7.49. The number of nitrogens with zero attached hydrogens (tertiary/aromatic N) is 2. The third-order valence-corrected chi connectivity index (χ3v) is 3.35. The maximum absolute atomic E-state index is 12.4. The number of alkyl halides is 3. The average Bonchev–Trinajstić information content (AvgIpc) is 2.86. The number of ether oxygens (including phenoxy) is 1. The van der Waals surface area contributed by atoms with Crippen molar-refractivity contribution < 1.29 is 22.3 Å². The van der Waals surface area contributed by atoms with Crippen LogP contribution in [0.3, 0.4) is 0 Å². The minimum Gasteiger partial charge on any atom is -0.444 e. The number of aromatic nitrogens is 1. The third-order valence-electron chi connectivity index (χ3n) is 3.35. The summed E-state index contributed by atoms with van der Waals surface area (Å²) in [4.78, 5) is 8.25. The van der Waals surface area contributed by atoms with E-state index in [-0.39, 0.29) is 12.3 Å². The van der Waals surface area contributed by atoms with E-state index in [1.807, 2.05) is 13.8 Å². The van der Waals surface area contributed by atoms with E-state index in [1.54, 1.807) is 19.2 Å². The molecule has 1 aromatic carbocycles. The minimum atomic E-state index is -4.74. The molecule has 0 aliphatic rings. The summed E-state index contributed by atoms with van der Waals surface area (Å²) in [5, 5.41) is 5.91. The fourth-order valence-corrected chi connectivity index (χ4v) is 2.05. The van der Waals surface area contributed by atoms with Gasteiger partial charge in [0.05, 0.1) is 12.2 Å². The molecule has 0 saturated heterocycles. The predicted octanol–water partition coefficient (Wildman–Crippen LogP) is 3.06. The van der Waals surface area contributed by atoms with E-state index >= 15 is 0 Å². The first kappa shape index (κ1) is 18.6. The zero-order valence-electron chi connectivity index (χ0n) is 14.1. The summed E-state index contributed by atoms with van der Waals surface area (Å²) in [6.07, 6.45) is -4.74. The maximum Gasteiger partial charge on any atom is 0.573 e. The number of nitrogens with one attached hydrogen (secondary N) is 2. The Morgan fingerprint density at radius 1 is 1.20 bits per heavy atom. The van der Waals surface area contributed by atoms with Crippen molar-refractivity contribution in [2.24, 2.45) is 4.99 Å². The predicted molar refractivity (Wildman–Crippen MR) is 86.1 cm³/mol. The van der Waals surface area contributed by atoms with Crippen molar-refractivity contribution >= 4 is 5.96 Å². The Hall–Kier alpha value is -2.71. The molecule has 0 radical (unpaired) electrons. The van der Waals surface area contributed by atoms with Gasteiger partial charge in [0.1, 0.15) is 11.5 Å². The summed E-state index contributed by atoms with van der Waals surface area (Å²) in [7, 11) is 1.56. The number of oxazole rings is 1. The largest absolute Gasteiger partial charge is 0.573 e. The standard InChI is InChI=1S/C16H19F3N4O2/c1-10-11(2)24-14(23-10)9-22-15(20-3)21-8-12-6-4-5-7-13(12)25-16(17,18)19/h4-7H,8-9H2,1-3H3,(H2,20,21,22). The van der Waals surface area contributed by atoms with Gasteiger partial charge >= 0.3 is 6.36 Å². The average molecular weight is 356 g/mol. The lowest BCUT2D eigenvalue weighted by atomic mass is 10.2. The minimum absolute atomic E-state index is 0.107. The van der Waals surface area contributed by atoms with Crippen LogP contribution in [0.2, 0.25) is 0 Å². The molecule has 2 rings (SSSR count). The second-order valence-electron chi connectivity index (χ2n) is 5.18. The van der Waals surface area contributed by atoms with Crippen LogP contribution in [-0.2, 0) is 13.1 Å². The fourth-order valence-electron chi connectivity index (χ4n) is 2.05. The first-order valence-corrected chi connectivity index (χ1v) is 7.49. The zero-order chi connectivity index (χ0) is 18.4. The zero-order valence-corrected chi connectivity index (χ0v) is 14.1. The number of aliphatic imine (C=N–C) groups is 1. The van der Waals surface area contributed by atoms with Gasteiger partial charge in [0.2, 0.25) is 5.89 Å². The Morgan fingerprint density at radius 3 is 2.48 bits per heavy atom. The van der Waals surface area contributed by atoms with E-state index in [4.69, 9.17) is 4.42 Å². The highest BCUT2D eigenvalue weighted by atomic mass is 19.4. The molecule has 25 heavy (non-hydrogen) atoms. The normalized spacial score (nSPS) is 12.2. The van der Waals surface area contributed by atoms with Crippen molar-refractivity contribution in [1.82, 2.24) is 15.6 Å². The number of aryl methyl sites for hydroxylation is 2. The Kier molecular flexibility index (Phi) is 5.89. The SMILES string of the molecule is CN=C(NCc1nc(C)c(C)o1)NCc1ccccc1OC(F)(F)F. The van der Waals surface area contributed by atoms with Crippen molar-refractivity contribution in [2.45, 2.75) is 33.3 Å². The summed E-state index contributed by atoms with van der Waals surface area (Å²) >= 11 is 0. The number of benzene rings is 1. The molecule has 0 unspecified atom stereocenters. The number of hydrogen-bond acceptors (Lipinski definition) is 4. The van der Waals surface area contributed by atoms with Crippen LogP contribution in [-0.4, -0.2) is 24.4 Å². The van der Waals surface area contributed by atoms with Crippen molar-refractivity contribution in [3.05, 3.63) is 47.2 Å². The quantitative estimate of drug-likeness (QED) is 0.636. The van der Waals surface area contributed by atoms with E-state index < -0.39 is 6.36 Å². The Morgan fingerprint density at radius 2 is 1.88 bits per heavy atom. The number of guanidine groups is 1. The van der Waals surface area contributed by atoms with Crippen LogP contribution in [0, 0.1) is 13.8 Å². The second-order valence-corrected chi connectivity index (χ2v) is 5.18. The van der Waals surface area contributed by atoms with Gasteiger partial charge in [-0.1, -0.05) is 18.2 Å². The number of halogens is 3. The Bertz CT molecular complexity index is 722. The molecule has 136 valence electrons. The highest BCUT2D eigenvalue weighted by molar-refractivity contribution is 5.79. The molecule has 1 heterocycles. The lowest BCUT2D eigenvalue weighted by molar-refractivity contribution is -0.274. The summed E-state index contributed by atoms with van der Waals surface area (Å²) in [6.45, 7) is 4.06. The van der Waals surface area contributed by atoms with Gasteiger partial charge in [0.25, 0.3) is 0 Å². The van der Waals surface area contributed by atoms with E-state index in [9.17, 15) is 13.2 Å². The molecule has 6 nitrogen and oxygen atoms in total. The lowest BCUT2D eigenvalue weighted by Gasteiger charge is -2.15. The highest BCUT2D eigenvalue weighted by Crippen LogP contribution is 2.26. The monoisotopic (exact) mass is 356 g/mol. The van der Waals surface area contributed by atoms with E-state index in [0.29, 0.717) is 24.0 Å². The van der Waals surface area contributed by atoms with Gasteiger partial charge in [0, 0.05) is 19.2 Å². The van der Waals surface area contributed by atoms with Gasteiger partial charge in [-0.05, 0) is 19.9 Å². The van der Waals surface area contributed by atoms with Crippen molar-refractivity contribution in [3.63, 3.8) is 0 Å². The Balaban J connectivity index is 1.95. The highest BCUT2D eigenvalue weighted by Gasteiger charge is 2.31.